The zero-order chi connectivity index (χ0) is 18.4. The van der Waals surface area contributed by atoms with Gasteiger partial charge in [0.15, 0.2) is 12.4 Å². The molecule has 0 aromatic heterocycles. The first-order chi connectivity index (χ1) is 11.9. The molecule has 5 atom stereocenters. The van der Waals surface area contributed by atoms with E-state index in [-0.39, 0.29) is 6.61 Å². The Hall–Kier alpha value is -2.29. The van der Waals surface area contributed by atoms with E-state index in [4.69, 9.17) is 14.2 Å². The van der Waals surface area contributed by atoms with E-state index in [9.17, 15) is 19.5 Å². The van der Waals surface area contributed by atoms with Crippen molar-refractivity contribution >= 4 is 18.2 Å². The highest BCUT2D eigenvalue weighted by atomic mass is 16.7. The van der Waals surface area contributed by atoms with Crippen molar-refractivity contribution in [1.29, 1.82) is 0 Å². The van der Waals surface area contributed by atoms with Gasteiger partial charge in [-0.05, 0) is 0 Å². The summed E-state index contributed by atoms with van der Waals surface area (Å²) in [4.78, 5) is 34.1. The Labute approximate surface area is 145 Å². The highest BCUT2D eigenvalue weighted by molar-refractivity contribution is 5.78. The van der Waals surface area contributed by atoms with Gasteiger partial charge < -0.3 is 29.4 Å². The van der Waals surface area contributed by atoms with E-state index in [1.54, 1.807) is 24.3 Å². The minimum atomic E-state index is -1.19. The first kappa shape index (κ1) is 19.0. The number of amides is 1. The minimum Gasteiger partial charge on any atom is -0.457 e. The lowest BCUT2D eigenvalue weighted by Gasteiger charge is -2.39. The molecular formula is C17H21NO7. The first-order valence-electron chi connectivity index (χ1n) is 7.82. The summed E-state index contributed by atoms with van der Waals surface area (Å²) in [6.07, 6.45) is -3.73. The van der Waals surface area contributed by atoms with Crippen LogP contribution >= 0.6 is 0 Å². The van der Waals surface area contributed by atoms with E-state index in [0.29, 0.717) is 11.8 Å². The van der Waals surface area contributed by atoms with Gasteiger partial charge in [-0.15, -0.1) is 0 Å². The van der Waals surface area contributed by atoms with Gasteiger partial charge in [-0.3, -0.25) is 9.59 Å². The second-order valence-corrected chi connectivity index (χ2v) is 5.68. The number of hydrogen-bond donors (Lipinski definition) is 2. The molecule has 1 aromatic rings. The fourth-order valence-electron chi connectivity index (χ4n) is 2.60. The van der Waals surface area contributed by atoms with Crippen molar-refractivity contribution in [3.63, 3.8) is 0 Å². The average Bonchev–Trinajstić information content (AvgIpc) is 2.59. The second kappa shape index (κ2) is 8.70. The van der Waals surface area contributed by atoms with E-state index in [0.717, 1.165) is 0 Å². The molecule has 1 unspecified atom stereocenters. The molecule has 0 bridgehead atoms. The Bertz CT molecular complexity index is 606. The Morgan fingerprint density at radius 1 is 1.32 bits per heavy atom. The van der Waals surface area contributed by atoms with Gasteiger partial charge in [0.1, 0.15) is 24.5 Å². The van der Waals surface area contributed by atoms with Crippen LogP contribution in [0.25, 0.3) is 0 Å². The van der Waals surface area contributed by atoms with Crippen molar-refractivity contribution in [3.8, 4) is 0 Å². The number of esters is 1. The fourth-order valence-corrected chi connectivity index (χ4v) is 2.60. The molecule has 8 heteroatoms. The summed E-state index contributed by atoms with van der Waals surface area (Å²) < 4.78 is 16.4. The predicted octanol–water partition coefficient (Wildman–Crippen LogP) is 0.0968. The Balaban J connectivity index is 2.24. The van der Waals surface area contributed by atoms with Gasteiger partial charge in [0, 0.05) is 19.4 Å². The van der Waals surface area contributed by atoms with Crippen LogP contribution in [0.4, 0.5) is 0 Å². The molecule has 1 saturated heterocycles. The average molecular weight is 351 g/mol. The number of aliphatic hydroxyl groups excluding tert-OH is 1. The van der Waals surface area contributed by atoms with Crippen LogP contribution in [-0.4, -0.2) is 54.2 Å². The topological polar surface area (TPSA) is 111 Å². The number of hydrogen-bond acceptors (Lipinski definition) is 7. The summed E-state index contributed by atoms with van der Waals surface area (Å²) >= 11 is 0. The van der Waals surface area contributed by atoms with Gasteiger partial charge in [-0.2, -0.15) is 0 Å². The number of aliphatic hydroxyl groups is 1. The molecule has 8 nitrogen and oxygen atoms in total. The summed E-state index contributed by atoms with van der Waals surface area (Å²) in [7, 11) is 0. The molecule has 0 spiro atoms. The van der Waals surface area contributed by atoms with Crippen LogP contribution in [0, 0.1) is 0 Å². The molecule has 25 heavy (non-hydrogen) atoms. The Morgan fingerprint density at radius 3 is 2.56 bits per heavy atom. The Morgan fingerprint density at radius 2 is 2.00 bits per heavy atom. The number of ether oxygens (including phenoxy) is 3. The molecule has 1 aliphatic rings. The van der Waals surface area contributed by atoms with Gasteiger partial charge in [0.05, 0.1) is 6.61 Å². The normalized spacial score (nSPS) is 25.5. The molecule has 0 saturated carbocycles. The third-order valence-electron chi connectivity index (χ3n) is 3.65. The lowest BCUT2D eigenvalue weighted by Crippen LogP contribution is -2.57. The molecule has 1 aromatic carbocycles. The number of carbonyl (C=O) groups excluding carboxylic acids is 3. The van der Waals surface area contributed by atoms with Gasteiger partial charge in [-0.25, -0.2) is 0 Å². The number of rotatable bonds is 6. The van der Waals surface area contributed by atoms with Gasteiger partial charge >= 0.3 is 5.97 Å². The molecule has 1 aliphatic heterocycles. The van der Waals surface area contributed by atoms with Crippen LogP contribution in [0.5, 0.6) is 0 Å². The van der Waals surface area contributed by atoms with E-state index < -0.39 is 42.5 Å². The lowest BCUT2D eigenvalue weighted by atomic mass is 10.00. The standard InChI is InChI=1S/C17H21NO7/c1-10(20)18-13(8-19)15(24-11(2)21)16-14(22)9-23-17(25-16)12-6-4-3-5-7-12/h3-8,13-17,22H,9H2,1-2H3,(H,18,20)/t13-,14+,15+,16-,17?/m0/s1. The SMILES string of the molecule is CC(=O)N[C@@H](C=O)[C@@H](OC(C)=O)[C@H]1OC(c2ccccc2)OC[C@H]1O. The van der Waals surface area contributed by atoms with E-state index in [1.165, 1.54) is 13.8 Å². The van der Waals surface area contributed by atoms with Gasteiger partial charge in [0.25, 0.3) is 0 Å². The summed E-state index contributed by atoms with van der Waals surface area (Å²) in [6.45, 7) is 2.33. The molecule has 1 fully saturated rings. The predicted molar refractivity (Wildman–Crippen MR) is 85.2 cm³/mol. The van der Waals surface area contributed by atoms with E-state index in [1.807, 2.05) is 6.07 Å². The van der Waals surface area contributed by atoms with Crippen LogP contribution in [0.15, 0.2) is 30.3 Å². The summed E-state index contributed by atoms with van der Waals surface area (Å²) in [6, 6.07) is 7.85. The van der Waals surface area contributed by atoms with E-state index in [2.05, 4.69) is 5.32 Å². The molecule has 2 rings (SSSR count). The number of aldehydes is 1. The van der Waals surface area contributed by atoms with Crippen molar-refractivity contribution < 1.29 is 33.7 Å². The summed E-state index contributed by atoms with van der Waals surface area (Å²) in [5.41, 5.74) is 0.711. The zero-order valence-corrected chi connectivity index (χ0v) is 14.0. The van der Waals surface area contributed by atoms with Crippen LogP contribution in [-0.2, 0) is 28.6 Å². The van der Waals surface area contributed by atoms with Crippen LogP contribution < -0.4 is 5.32 Å². The zero-order valence-electron chi connectivity index (χ0n) is 14.0. The molecule has 0 aliphatic carbocycles. The van der Waals surface area contributed by atoms with Crippen molar-refractivity contribution in [2.24, 2.45) is 0 Å². The van der Waals surface area contributed by atoms with Crippen molar-refractivity contribution in [1.82, 2.24) is 5.32 Å². The highest BCUT2D eigenvalue weighted by Gasteiger charge is 2.43. The van der Waals surface area contributed by atoms with Crippen LogP contribution in [0.1, 0.15) is 25.7 Å². The van der Waals surface area contributed by atoms with Crippen molar-refractivity contribution in [2.45, 2.75) is 44.5 Å². The molecule has 1 heterocycles. The Kier molecular flexibility index (Phi) is 6.63. The maximum absolute atomic E-state index is 11.4. The van der Waals surface area contributed by atoms with Gasteiger partial charge in [-0.1, -0.05) is 30.3 Å². The first-order valence-corrected chi connectivity index (χ1v) is 7.82. The van der Waals surface area contributed by atoms with Gasteiger partial charge in [0.2, 0.25) is 5.91 Å². The number of carbonyl (C=O) groups is 3. The molecule has 1 amide bonds. The van der Waals surface area contributed by atoms with Crippen molar-refractivity contribution in [2.75, 3.05) is 6.61 Å². The number of benzene rings is 1. The van der Waals surface area contributed by atoms with Crippen LogP contribution in [0.3, 0.4) is 0 Å². The summed E-state index contributed by atoms with van der Waals surface area (Å²) in [5, 5.41) is 12.6. The van der Waals surface area contributed by atoms with Crippen LogP contribution in [0.2, 0.25) is 0 Å². The molecular weight excluding hydrogens is 330 g/mol. The maximum Gasteiger partial charge on any atom is 0.303 e. The fraction of sp³-hybridized carbons (Fsp3) is 0.471. The van der Waals surface area contributed by atoms with E-state index >= 15 is 0 Å². The molecule has 136 valence electrons. The third-order valence-corrected chi connectivity index (χ3v) is 3.65. The highest BCUT2D eigenvalue weighted by Crippen LogP contribution is 2.29. The molecule has 0 radical (unpaired) electrons. The largest absolute Gasteiger partial charge is 0.457 e. The monoisotopic (exact) mass is 351 g/mol. The number of nitrogens with one attached hydrogen (secondary N) is 1. The molecule has 2 N–H and O–H groups in total. The van der Waals surface area contributed by atoms with Crippen molar-refractivity contribution in [3.05, 3.63) is 35.9 Å². The second-order valence-electron chi connectivity index (χ2n) is 5.68. The summed E-state index contributed by atoms with van der Waals surface area (Å²) in [5.74, 6) is -1.14. The quantitative estimate of drug-likeness (QED) is 0.552. The maximum atomic E-state index is 11.4. The lowest BCUT2D eigenvalue weighted by molar-refractivity contribution is -0.278. The smallest absolute Gasteiger partial charge is 0.303 e. The third kappa shape index (κ3) is 5.09. The minimum absolute atomic E-state index is 0.0758.